The third-order valence-corrected chi connectivity index (χ3v) is 3.53. The monoisotopic (exact) mass is 328 g/mol. The standard InChI is InChI=1S/C16H13BrN2O/c1-10-6-14(18)9-19-16(10)20-15-5-3-11-7-13(17)4-2-12(11)8-15/h2-9H,18H2,1H3. The quantitative estimate of drug-likeness (QED) is 0.742. The first kappa shape index (κ1) is 12.9. The second-order valence-corrected chi connectivity index (χ2v) is 5.56. The third-order valence-electron chi connectivity index (χ3n) is 3.04. The van der Waals surface area contributed by atoms with E-state index in [-0.39, 0.29) is 0 Å². The molecule has 0 atom stereocenters. The Hall–Kier alpha value is -2.07. The highest BCUT2D eigenvalue weighted by molar-refractivity contribution is 9.10. The Balaban J connectivity index is 1.96. The molecule has 1 aromatic heterocycles. The van der Waals surface area contributed by atoms with Crippen molar-refractivity contribution in [2.75, 3.05) is 5.73 Å². The number of aromatic nitrogens is 1. The lowest BCUT2D eigenvalue weighted by molar-refractivity contribution is 0.460. The first-order chi connectivity index (χ1) is 9.61. The van der Waals surface area contributed by atoms with Crippen LogP contribution in [0.3, 0.4) is 0 Å². The number of hydrogen-bond acceptors (Lipinski definition) is 3. The fraction of sp³-hybridized carbons (Fsp3) is 0.0625. The van der Waals surface area contributed by atoms with Gasteiger partial charge in [0.25, 0.3) is 0 Å². The van der Waals surface area contributed by atoms with Gasteiger partial charge in [-0.3, -0.25) is 0 Å². The molecule has 20 heavy (non-hydrogen) atoms. The van der Waals surface area contributed by atoms with E-state index in [1.54, 1.807) is 6.20 Å². The number of aryl methyl sites for hydroxylation is 1. The Morgan fingerprint density at radius 3 is 2.60 bits per heavy atom. The van der Waals surface area contributed by atoms with Gasteiger partial charge in [0.1, 0.15) is 5.75 Å². The van der Waals surface area contributed by atoms with E-state index < -0.39 is 0 Å². The Bertz CT molecular complexity index is 787. The first-order valence-corrected chi connectivity index (χ1v) is 7.00. The minimum absolute atomic E-state index is 0.579. The van der Waals surface area contributed by atoms with Gasteiger partial charge >= 0.3 is 0 Å². The summed E-state index contributed by atoms with van der Waals surface area (Å²) in [6, 6.07) is 14.0. The van der Waals surface area contributed by atoms with Gasteiger partial charge < -0.3 is 10.5 Å². The Labute approximate surface area is 125 Å². The minimum Gasteiger partial charge on any atom is -0.439 e. The number of fused-ring (bicyclic) bond motifs is 1. The number of rotatable bonds is 2. The van der Waals surface area contributed by atoms with E-state index in [9.17, 15) is 0 Å². The van der Waals surface area contributed by atoms with Gasteiger partial charge in [-0.05, 0) is 48.0 Å². The molecule has 0 aliphatic carbocycles. The van der Waals surface area contributed by atoms with E-state index in [2.05, 4.69) is 33.0 Å². The van der Waals surface area contributed by atoms with Crippen molar-refractivity contribution in [1.82, 2.24) is 4.98 Å². The zero-order chi connectivity index (χ0) is 14.1. The van der Waals surface area contributed by atoms with E-state index in [0.29, 0.717) is 11.6 Å². The summed E-state index contributed by atoms with van der Waals surface area (Å²) in [5, 5.41) is 2.28. The number of hydrogen-bond donors (Lipinski definition) is 1. The van der Waals surface area contributed by atoms with E-state index in [0.717, 1.165) is 26.6 Å². The molecule has 0 aliphatic rings. The summed E-state index contributed by atoms with van der Waals surface area (Å²) in [7, 11) is 0. The smallest absolute Gasteiger partial charge is 0.222 e. The number of halogens is 1. The van der Waals surface area contributed by atoms with Gasteiger partial charge in [0.05, 0.1) is 11.9 Å². The highest BCUT2D eigenvalue weighted by Crippen LogP contribution is 2.28. The Kier molecular flexibility index (Phi) is 3.32. The molecule has 3 rings (SSSR count). The average molecular weight is 329 g/mol. The van der Waals surface area contributed by atoms with Crippen molar-refractivity contribution in [2.24, 2.45) is 0 Å². The molecule has 2 aromatic carbocycles. The van der Waals surface area contributed by atoms with Crippen LogP contribution in [0.15, 0.2) is 53.1 Å². The van der Waals surface area contributed by atoms with Crippen LogP contribution in [0, 0.1) is 6.92 Å². The first-order valence-electron chi connectivity index (χ1n) is 6.21. The maximum absolute atomic E-state index is 5.82. The summed E-state index contributed by atoms with van der Waals surface area (Å²) in [5.41, 5.74) is 7.24. The van der Waals surface area contributed by atoms with Crippen molar-refractivity contribution in [1.29, 1.82) is 0 Å². The lowest BCUT2D eigenvalue weighted by atomic mass is 10.1. The maximum Gasteiger partial charge on any atom is 0.222 e. The van der Waals surface area contributed by atoms with Crippen LogP contribution in [-0.2, 0) is 0 Å². The van der Waals surface area contributed by atoms with Crippen molar-refractivity contribution in [3.63, 3.8) is 0 Å². The highest BCUT2D eigenvalue weighted by Gasteiger charge is 2.04. The second-order valence-electron chi connectivity index (χ2n) is 4.65. The van der Waals surface area contributed by atoms with E-state index >= 15 is 0 Å². The van der Waals surface area contributed by atoms with Crippen molar-refractivity contribution in [3.05, 3.63) is 58.7 Å². The van der Waals surface area contributed by atoms with E-state index in [1.807, 2.05) is 37.3 Å². The topological polar surface area (TPSA) is 48.1 Å². The maximum atomic E-state index is 5.82. The highest BCUT2D eigenvalue weighted by atomic mass is 79.9. The van der Waals surface area contributed by atoms with Crippen LogP contribution >= 0.6 is 15.9 Å². The molecule has 0 saturated heterocycles. The van der Waals surface area contributed by atoms with E-state index in [1.165, 1.54) is 0 Å². The van der Waals surface area contributed by atoms with Crippen LogP contribution in [0.4, 0.5) is 5.69 Å². The van der Waals surface area contributed by atoms with Crippen molar-refractivity contribution >= 4 is 32.4 Å². The predicted molar refractivity (Wildman–Crippen MR) is 85.1 cm³/mol. The summed E-state index contributed by atoms with van der Waals surface area (Å²) >= 11 is 3.47. The molecule has 0 radical (unpaired) electrons. The summed E-state index contributed by atoms with van der Waals surface area (Å²) in [5.74, 6) is 1.34. The molecular formula is C16H13BrN2O. The lowest BCUT2D eigenvalue weighted by Crippen LogP contribution is -1.94. The molecule has 3 nitrogen and oxygen atoms in total. The van der Waals surface area contributed by atoms with Crippen LogP contribution < -0.4 is 10.5 Å². The van der Waals surface area contributed by atoms with Gasteiger partial charge in [-0.2, -0.15) is 0 Å². The molecular weight excluding hydrogens is 316 g/mol. The molecule has 0 aliphatic heterocycles. The van der Waals surface area contributed by atoms with Gasteiger partial charge in [-0.1, -0.05) is 28.1 Å². The van der Waals surface area contributed by atoms with Crippen molar-refractivity contribution in [2.45, 2.75) is 6.92 Å². The molecule has 0 bridgehead atoms. The number of nitrogens with zero attached hydrogens (tertiary/aromatic N) is 1. The molecule has 3 aromatic rings. The van der Waals surface area contributed by atoms with Crippen LogP contribution in [0.2, 0.25) is 0 Å². The lowest BCUT2D eigenvalue weighted by Gasteiger charge is -2.09. The molecule has 0 fully saturated rings. The number of nitrogens with two attached hydrogens (primary N) is 1. The van der Waals surface area contributed by atoms with Crippen molar-refractivity contribution in [3.8, 4) is 11.6 Å². The average Bonchev–Trinajstić information content (AvgIpc) is 2.42. The number of benzene rings is 2. The number of ether oxygens (including phenoxy) is 1. The normalized spacial score (nSPS) is 10.7. The minimum atomic E-state index is 0.579. The van der Waals surface area contributed by atoms with Crippen LogP contribution in [0.5, 0.6) is 11.6 Å². The number of nitrogen functional groups attached to an aromatic ring is 1. The molecule has 1 heterocycles. The zero-order valence-corrected chi connectivity index (χ0v) is 12.5. The van der Waals surface area contributed by atoms with Gasteiger partial charge in [-0.25, -0.2) is 4.98 Å². The Morgan fingerprint density at radius 1 is 1.05 bits per heavy atom. The van der Waals surface area contributed by atoms with Gasteiger partial charge in [0.2, 0.25) is 5.88 Å². The van der Waals surface area contributed by atoms with Crippen LogP contribution in [0.25, 0.3) is 10.8 Å². The van der Waals surface area contributed by atoms with E-state index in [4.69, 9.17) is 10.5 Å². The molecule has 0 amide bonds. The summed E-state index contributed by atoms with van der Waals surface area (Å²) in [6.45, 7) is 1.93. The largest absolute Gasteiger partial charge is 0.439 e. The number of anilines is 1. The second kappa shape index (κ2) is 5.13. The van der Waals surface area contributed by atoms with Crippen LogP contribution in [-0.4, -0.2) is 4.98 Å². The Morgan fingerprint density at radius 2 is 1.80 bits per heavy atom. The SMILES string of the molecule is Cc1cc(N)cnc1Oc1ccc2cc(Br)ccc2c1. The third kappa shape index (κ3) is 2.60. The summed E-state index contributed by atoms with van der Waals surface area (Å²) in [4.78, 5) is 4.21. The fourth-order valence-electron chi connectivity index (χ4n) is 2.06. The van der Waals surface area contributed by atoms with Gasteiger partial charge in [0, 0.05) is 10.0 Å². The van der Waals surface area contributed by atoms with Crippen molar-refractivity contribution < 1.29 is 4.74 Å². The predicted octanol–water partition coefficient (Wildman–Crippen LogP) is 4.68. The number of pyridine rings is 1. The molecule has 100 valence electrons. The molecule has 4 heteroatoms. The molecule has 0 spiro atoms. The zero-order valence-electron chi connectivity index (χ0n) is 10.9. The fourth-order valence-corrected chi connectivity index (χ4v) is 2.44. The van der Waals surface area contributed by atoms with Gasteiger partial charge in [0.15, 0.2) is 0 Å². The summed E-state index contributed by atoms with van der Waals surface area (Å²) < 4.78 is 6.89. The molecule has 0 saturated carbocycles. The van der Waals surface area contributed by atoms with Gasteiger partial charge in [-0.15, -0.1) is 0 Å². The van der Waals surface area contributed by atoms with Crippen LogP contribution in [0.1, 0.15) is 5.56 Å². The molecule has 0 unspecified atom stereocenters. The summed E-state index contributed by atoms with van der Waals surface area (Å²) in [6.07, 6.45) is 1.60. The molecule has 2 N–H and O–H groups in total.